The number of benzene rings is 2. The maximum Gasteiger partial charge on any atom is 0.336 e. The van der Waals surface area contributed by atoms with E-state index < -0.39 is 22.7 Å². The van der Waals surface area contributed by atoms with Crippen LogP contribution in [-0.4, -0.2) is 34.2 Å². The number of rotatable bonds is 7. The molecule has 1 aliphatic rings. The number of ether oxygens (including phenoxy) is 1. The van der Waals surface area contributed by atoms with Gasteiger partial charge in [-0.15, -0.1) is 0 Å². The van der Waals surface area contributed by atoms with Crippen molar-refractivity contribution in [2.75, 3.05) is 11.9 Å². The highest BCUT2D eigenvalue weighted by Gasteiger charge is 2.40. The van der Waals surface area contributed by atoms with E-state index in [2.05, 4.69) is 5.32 Å². The summed E-state index contributed by atoms with van der Waals surface area (Å²) in [5.74, 6) is -2.67. The highest BCUT2D eigenvalue weighted by atomic mass is 16.6. The summed E-state index contributed by atoms with van der Waals surface area (Å²) in [5.41, 5.74) is 1.34. The van der Waals surface area contributed by atoms with E-state index in [1.54, 1.807) is 13.8 Å². The number of carbonyl (C=O) groups excluding carboxylic acids is 3. The Morgan fingerprint density at radius 3 is 2.56 bits per heavy atom. The van der Waals surface area contributed by atoms with Gasteiger partial charge in [-0.2, -0.15) is 0 Å². The standard InChI is InChI=1S/C23H23N3O6/c1-3-32-23(29)21-15(2)25(14-16-8-5-4-6-9-16)20(27)13-19(21)22(28)24-17-10-7-11-18(12-17)26(30)31/h4-12,19H,3,13-14H2,1-2H3,(H,24,28)/t19-/m1/s1. The Hall–Kier alpha value is -4.01. The molecule has 9 nitrogen and oxygen atoms in total. The maximum absolute atomic E-state index is 13.0. The number of hydrogen-bond acceptors (Lipinski definition) is 6. The van der Waals surface area contributed by atoms with Crippen molar-refractivity contribution in [2.24, 2.45) is 5.92 Å². The lowest BCUT2D eigenvalue weighted by Crippen LogP contribution is -2.42. The number of amides is 2. The molecule has 0 spiro atoms. The van der Waals surface area contributed by atoms with Crippen LogP contribution in [0.4, 0.5) is 11.4 Å². The van der Waals surface area contributed by atoms with Gasteiger partial charge in [-0.1, -0.05) is 36.4 Å². The van der Waals surface area contributed by atoms with Gasteiger partial charge in [0, 0.05) is 29.9 Å². The molecule has 0 saturated heterocycles. The quantitative estimate of drug-likeness (QED) is 0.403. The number of hydrogen-bond donors (Lipinski definition) is 1. The van der Waals surface area contributed by atoms with Gasteiger partial charge in [-0.3, -0.25) is 19.7 Å². The average molecular weight is 437 g/mol. The normalized spacial score (nSPS) is 16.0. The van der Waals surface area contributed by atoms with Gasteiger partial charge in [-0.25, -0.2) is 4.79 Å². The van der Waals surface area contributed by atoms with Crippen LogP contribution in [0.15, 0.2) is 65.9 Å². The molecule has 2 aromatic rings. The minimum Gasteiger partial charge on any atom is -0.463 e. The Bertz CT molecular complexity index is 1080. The third-order valence-corrected chi connectivity index (χ3v) is 5.14. The van der Waals surface area contributed by atoms with Crippen molar-refractivity contribution in [2.45, 2.75) is 26.8 Å². The maximum atomic E-state index is 13.0. The largest absolute Gasteiger partial charge is 0.463 e. The number of nitro groups is 1. The number of carbonyl (C=O) groups is 3. The Morgan fingerprint density at radius 1 is 1.19 bits per heavy atom. The lowest BCUT2D eigenvalue weighted by Gasteiger charge is -2.33. The Labute approximate surface area is 184 Å². The summed E-state index contributed by atoms with van der Waals surface area (Å²) in [6.07, 6.45) is -0.223. The fourth-order valence-electron chi connectivity index (χ4n) is 3.59. The Balaban J connectivity index is 1.92. The van der Waals surface area contributed by atoms with Crippen molar-refractivity contribution >= 4 is 29.2 Å². The first-order valence-electron chi connectivity index (χ1n) is 10.1. The van der Waals surface area contributed by atoms with Gasteiger partial charge in [0.15, 0.2) is 0 Å². The van der Waals surface area contributed by atoms with Crippen LogP contribution in [0.3, 0.4) is 0 Å². The molecule has 0 fully saturated rings. The van der Waals surface area contributed by atoms with Gasteiger partial charge in [0.05, 0.1) is 29.6 Å². The number of nitro benzene ring substituents is 1. The van der Waals surface area contributed by atoms with Gasteiger partial charge < -0.3 is 15.0 Å². The minimum atomic E-state index is -1.08. The molecule has 1 atom stereocenters. The monoisotopic (exact) mass is 437 g/mol. The highest BCUT2D eigenvalue weighted by Crippen LogP contribution is 2.32. The Morgan fingerprint density at radius 2 is 1.91 bits per heavy atom. The topological polar surface area (TPSA) is 119 Å². The second-order valence-electron chi connectivity index (χ2n) is 7.24. The molecule has 1 N–H and O–H groups in total. The highest BCUT2D eigenvalue weighted by molar-refractivity contribution is 6.06. The summed E-state index contributed by atoms with van der Waals surface area (Å²) in [6, 6.07) is 14.8. The SMILES string of the molecule is CCOC(=O)C1=C(C)N(Cc2ccccc2)C(=O)C[C@H]1C(=O)Nc1cccc([N+](=O)[O-])c1. The molecule has 0 aromatic heterocycles. The third kappa shape index (κ3) is 5.00. The summed E-state index contributed by atoms with van der Waals surface area (Å²) >= 11 is 0. The number of anilines is 1. The Kier molecular flexibility index (Phi) is 6.99. The van der Waals surface area contributed by atoms with Crippen LogP contribution >= 0.6 is 0 Å². The first-order chi connectivity index (χ1) is 15.3. The van der Waals surface area contributed by atoms with E-state index in [1.165, 1.54) is 29.2 Å². The van der Waals surface area contributed by atoms with Crippen LogP contribution in [0.25, 0.3) is 0 Å². The predicted molar refractivity (Wildman–Crippen MR) is 116 cm³/mol. The molecular formula is C23H23N3O6. The molecule has 2 aromatic carbocycles. The zero-order chi connectivity index (χ0) is 23.3. The van der Waals surface area contributed by atoms with Crippen LogP contribution < -0.4 is 5.32 Å². The molecule has 2 amide bonds. The van der Waals surface area contributed by atoms with E-state index in [0.717, 1.165) is 5.56 Å². The fourth-order valence-corrected chi connectivity index (χ4v) is 3.59. The van der Waals surface area contributed by atoms with Crippen LogP contribution in [0.5, 0.6) is 0 Å². The second kappa shape index (κ2) is 9.86. The average Bonchev–Trinajstić information content (AvgIpc) is 2.77. The summed E-state index contributed by atoms with van der Waals surface area (Å²) in [4.78, 5) is 50.6. The molecule has 0 saturated carbocycles. The lowest BCUT2D eigenvalue weighted by atomic mass is 9.88. The van der Waals surface area contributed by atoms with Crippen molar-refractivity contribution in [3.05, 3.63) is 81.5 Å². The first-order valence-corrected chi connectivity index (χ1v) is 10.1. The number of allylic oxidation sites excluding steroid dienone is 1. The van der Waals surface area contributed by atoms with E-state index in [9.17, 15) is 24.5 Å². The molecule has 0 radical (unpaired) electrons. The zero-order valence-corrected chi connectivity index (χ0v) is 17.7. The predicted octanol–water partition coefficient (Wildman–Crippen LogP) is 3.42. The summed E-state index contributed by atoms with van der Waals surface area (Å²) in [7, 11) is 0. The summed E-state index contributed by atoms with van der Waals surface area (Å²) in [6.45, 7) is 3.64. The smallest absolute Gasteiger partial charge is 0.336 e. The molecule has 32 heavy (non-hydrogen) atoms. The van der Waals surface area contributed by atoms with Crippen LogP contribution in [-0.2, 0) is 25.7 Å². The van der Waals surface area contributed by atoms with E-state index in [4.69, 9.17) is 4.74 Å². The van der Waals surface area contributed by atoms with E-state index in [1.807, 2.05) is 30.3 Å². The van der Waals surface area contributed by atoms with E-state index in [-0.39, 0.29) is 42.4 Å². The molecule has 0 unspecified atom stereocenters. The van der Waals surface area contributed by atoms with Crippen molar-refractivity contribution in [3.63, 3.8) is 0 Å². The first kappa shape index (κ1) is 22.7. The van der Waals surface area contributed by atoms with Gasteiger partial charge in [0.2, 0.25) is 11.8 Å². The summed E-state index contributed by atoms with van der Waals surface area (Å²) in [5, 5.41) is 13.6. The molecule has 0 aliphatic carbocycles. The van der Waals surface area contributed by atoms with Crippen LogP contribution in [0, 0.1) is 16.0 Å². The van der Waals surface area contributed by atoms with Crippen molar-refractivity contribution in [1.82, 2.24) is 4.90 Å². The number of non-ortho nitro benzene ring substituents is 1. The van der Waals surface area contributed by atoms with Crippen molar-refractivity contribution in [3.8, 4) is 0 Å². The molecule has 1 aliphatic heterocycles. The van der Waals surface area contributed by atoms with Crippen LogP contribution in [0.1, 0.15) is 25.8 Å². The molecule has 9 heteroatoms. The molecular weight excluding hydrogens is 414 g/mol. The zero-order valence-electron chi connectivity index (χ0n) is 17.7. The molecule has 0 bridgehead atoms. The van der Waals surface area contributed by atoms with E-state index in [0.29, 0.717) is 5.70 Å². The van der Waals surface area contributed by atoms with Gasteiger partial charge in [-0.05, 0) is 25.5 Å². The molecule has 1 heterocycles. The second-order valence-corrected chi connectivity index (χ2v) is 7.24. The van der Waals surface area contributed by atoms with Crippen LogP contribution in [0.2, 0.25) is 0 Å². The van der Waals surface area contributed by atoms with Crippen molar-refractivity contribution < 1.29 is 24.0 Å². The van der Waals surface area contributed by atoms with E-state index >= 15 is 0 Å². The van der Waals surface area contributed by atoms with Crippen molar-refractivity contribution in [1.29, 1.82) is 0 Å². The number of nitrogens with zero attached hydrogens (tertiary/aromatic N) is 2. The van der Waals surface area contributed by atoms with Gasteiger partial charge in [0.25, 0.3) is 5.69 Å². The fraction of sp³-hybridized carbons (Fsp3) is 0.261. The molecule has 166 valence electrons. The number of nitrogens with one attached hydrogen (secondary N) is 1. The summed E-state index contributed by atoms with van der Waals surface area (Å²) < 4.78 is 5.16. The van der Waals surface area contributed by atoms with Gasteiger partial charge >= 0.3 is 5.97 Å². The number of esters is 1. The minimum absolute atomic E-state index is 0.102. The lowest BCUT2D eigenvalue weighted by molar-refractivity contribution is -0.384. The third-order valence-electron chi connectivity index (χ3n) is 5.14. The molecule has 3 rings (SSSR count). The van der Waals surface area contributed by atoms with Gasteiger partial charge in [0.1, 0.15) is 0 Å².